The van der Waals surface area contributed by atoms with Crippen molar-refractivity contribution >= 4 is 33.0 Å². The van der Waals surface area contributed by atoms with E-state index in [2.05, 4.69) is 17.3 Å². The minimum absolute atomic E-state index is 0.656. The third-order valence-electron chi connectivity index (χ3n) is 2.78. The van der Waals surface area contributed by atoms with Gasteiger partial charge in [0.1, 0.15) is 5.15 Å². The fourth-order valence-corrected chi connectivity index (χ4v) is 3.34. The molecule has 0 radical (unpaired) electrons. The van der Waals surface area contributed by atoms with E-state index in [0.29, 0.717) is 5.15 Å². The van der Waals surface area contributed by atoms with Crippen molar-refractivity contribution in [2.24, 2.45) is 0 Å². The maximum absolute atomic E-state index is 6.10. The molecule has 0 aliphatic heterocycles. The van der Waals surface area contributed by atoms with Gasteiger partial charge in [-0.3, -0.25) is 0 Å². The van der Waals surface area contributed by atoms with Crippen LogP contribution in [0.1, 0.15) is 29.9 Å². The number of thiophene rings is 1. The van der Waals surface area contributed by atoms with Crippen LogP contribution in [0, 0.1) is 6.92 Å². The summed E-state index contributed by atoms with van der Waals surface area (Å²) in [6, 6.07) is 0. The maximum atomic E-state index is 6.10. The van der Waals surface area contributed by atoms with Crippen LogP contribution in [0.25, 0.3) is 10.1 Å². The molecule has 0 spiro atoms. The average molecular weight is 224 g/mol. The van der Waals surface area contributed by atoms with Gasteiger partial charge < -0.3 is 0 Å². The lowest BCUT2D eigenvalue weighted by Crippen LogP contribution is -1.84. The lowest BCUT2D eigenvalue weighted by molar-refractivity contribution is 1.12. The van der Waals surface area contributed by atoms with Gasteiger partial charge in [0.05, 0.1) is 0 Å². The molecular weight excluding hydrogens is 214 g/mol. The first-order valence-corrected chi connectivity index (χ1v) is 6.05. The molecule has 0 amide bonds. The van der Waals surface area contributed by atoms with Gasteiger partial charge in [0, 0.05) is 16.3 Å². The number of hydrogen-bond acceptors (Lipinski definition) is 2. The van der Waals surface area contributed by atoms with Gasteiger partial charge in [-0.2, -0.15) is 0 Å². The molecule has 0 bridgehead atoms. The summed E-state index contributed by atoms with van der Waals surface area (Å²) in [6.07, 6.45) is 4.59. The summed E-state index contributed by atoms with van der Waals surface area (Å²) in [5.41, 5.74) is 2.66. The average Bonchev–Trinajstić information content (AvgIpc) is 2.92. The molecule has 0 aromatic carbocycles. The zero-order valence-corrected chi connectivity index (χ0v) is 9.45. The molecule has 1 aliphatic rings. The Hall–Kier alpha value is -0.600. The van der Waals surface area contributed by atoms with E-state index < -0.39 is 0 Å². The topological polar surface area (TPSA) is 12.9 Å². The van der Waals surface area contributed by atoms with Crippen LogP contribution in [0.4, 0.5) is 0 Å². The molecule has 0 atom stereocenters. The molecule has 14 heavy (non-hydrogen) atoms. The van der Waals surface area contributed by atoms with E-state index in [-0.39, 0.29) is 0 Å². The molecule has 1 nitrogen and oxygen atoms in total. The van der Waals surface area contributed by atoms with Crippen molar-refractivity contribution in [1.82, 2.24) is 4.98 Å². The highest BCUT2D eigenvalue weighted by atomic mass is 35.5. The lowest BCUT2D eigenvalue weighted by atomic mass is 10.1. The molecule has 0 saturated heterocycles. The van der Waals surface area contributed by atoms with E-state index in [4.69, 9.17) is 11.6 Å². The van der Waals surface area contributed by atoms with Crippen molar-refractivity contribution in [3.63, 3.8) is 0 Å². The number of nitrogens with zero attached hydrogens (tertiary/aromatic N) is 1. The van der Waals surface area contributed by atoms with Crippen LogP contribution < -0.4 is 0 Å². The Balaban J connectivity index is 2.37. The molecule has 0 unspecified atom stereocenters. The monoisotopic (exact) mass is 223 g/mol. The summed E-state index contributed by atoms with van der Waals surface area (Å²) in [6.45, 7) is 2.10. The van der Waals surface area contributed by atoms with E-state index in [1.165, 1.54) is 34.1 Å². The second kappa shape index (κ2) is 2.94. The van der Waals surface area contributed by atoms with Gasteiger partial charge in [-0.1, -0.05) is 11.6 Å². The SMILES string of the molecule is Cc1csc2c(C3CC3)cnc(Cl)c12. The van der Waals surface area contributed by atoms with E-state index in [1.54, 1.807) is 11.3 Å². The fraction of sp³-hybridized carbons (Fsp3) is 0.364. The van der Waals surface area contributed by atoms with Crippen molar-refractivity contribution < 1.29 is 0 Å². The van der Waals surface area contributed by atoms with Gasteiger partial charge in [0.15, 0.2) is 0 Å². The molecule has 2 aromatic heterocycles. The van der Waals surface area contributed by atoms with Crippen molar-refractivity contribution in [1.29, 1.82) is 0 Å². The van der Waals surface area contributed by atoms with Crippen molar-refractivity contribution in [2.45, 2.75) is 25.7 Å². The smallest absolute Gasteiger partial charge is 0.137 e. The summed E-state index contributed by atoms with van der Waals surface area (Å²) < 4.78 is 1.35. The molecule has 0 N–H and O–H groups in total. The maximum Gasteiger partial charge on any atom is 0.137 e. The van der Waals surface area contributed by atoms with Gasteiger partial charge in [0.25, 0.3) is 0 Å². The number of pyridine rings is 1. The van der Waals surface area contributed by atoms with E-state index in [9.17, 15) is 0 Å². The van der Waals surface area contributed by atoms with Gasteiger partial charge in [0.2, 0.25) is 0 Å². The molecule has 2 heterocycles. The Bertz CT molecular complexity index is 499. The first-order chi connectivity index (χ1) is 6.77. The summed E-state index contributed by atoms with van der Waals surface area (Å²) in [7, 11) is 0. The minimum atomic E-state index is 0.656. The standard InChI is InChI=1S/C11H10ClNS/c1-6-5-14-10-8(7-2-3-7)4-13-11(12)9(6)10/h4-5,7H,2-3H2,1H3. The molecule has 3 heteroatoms. The predicted molar refractivity (Wildman–Crippen MR) is 61.3 cm³/mol. The Morgan fingerprint density at radius 1 is 1.50 bits per heavy atom. The van der Waals surface area contributed by atoms with Crippen molar-refractivity contribution in [2.75, 3.05) is 0 Å². The third kappa shape index (κ3) is 1.17. The summed E-state index contributed by atoms with van der Waals surface area (Å²) in [4.78, 5) is 4.27. The van der Waals surface area contributed by atoms with Gasteiger partial charge >= 0.3 is 0 Å². The number of hydrogen-bond donors (Lipinski definition) is 0. The highest BCUT2D eigenvalue weighted by molar-refractivity contribution is 7.17. The van der Waals surface area contributed by atoms with Crippen LogP contribution in [0.5, 0.6) is 0 Å². The number of aryl methyl sites for hydroxylation is 1. The first kappa shape index (κ1) is 8.69. The molecule has 1 aliphatic carbocycles. The second-order valence-electron chi connectivity index (χ2n) is 3.90. The van der Waals surface area contributed by atoms with Gasteiger partial charge in [-0.25, -0.2) is 4.98 Å². The van der Waals surface area contributed by atoms with Crippen LogP contribution in [0.2, 0.25) is 5.15 Å². The zero-order chi connectivity index (χ0) is 9.71. The summed E-state index contributed by atoms with van der Waals surface area (Å²) in [5, 5.41) is 3.99. The van der Waals surface area contributed by atoms with Crippen LogP contribution in [-0.4, -0.2) is 4.98 Å². The number of aromatic nitrogens is 1. The normalized spacial score (nSPS) is 16.4. The Kier molecular flexibility index (Phi) is 1.83. The Labute approximate surface area is 91.7 Å². The van der Waals surface area contributed by atoms with Crippen LogP contribution in [0.3, 0.4) is 0 Å². The second-order valence-corrected chi connectivity index (χ2v) is 5.14. The first-order valence-electron chi connectivity index (χ1n) is 4.79. The van der Waals surface area contributed by atoms with Crippen molar-refractivity contribution in [3.05, 3.63) is 27.9 Å². The molecular formula is C11H10ClNS. The highest BCUT2D eigenvalue weighted by Gasteiger charge is 2.27. The third-order valence-corrected chi connectivity index (χ3v) is 4.21. The van der Waals surface area contributed by atoms with Crippen LogP contribution in [0.15, 0.2) is 11.6 Å². The van der Waals surface area contributed by atoms with E-state index >= 15 is 0 Å². The summed E-state index contributed by atoms with van der Waals surface area (Å²) in [5.74, 6) is 0.750. The highest BCUT2D eigenvalue weighted by Crippen LogP contribution is 2.45. The summed E-state index contributed by atoms with van der Waals surface area (Å²) >= 11 is 7.89. The van der Waals surface area contributed by atoms with Crippen molar-refractivity contribution in [3.8, 4) is 0 Å². The van der Waals surface area contributed by atoms with E-state index in [0.717, 1.165) is 5.92 Å². The molecule has 72 valence electrons. The lowest BCUT2D eigenvalue weighted by Gasteiger charge is -2.01. The number of halogens is 1. The Morgan fingerprint density at radius 2 is 2.29 bits per heavy atom. The van der Waals surface area contributed by atoms with Crippen LogP contribution in [-0.2, 0) is 0 Å². The quantitative estimate of drug-likeness (QED) is 0.663. The number of rotatable bonds is 1. The predicted octanol–water partition coefficient (Wildman–Crippen LogP) is 4.14. The minimum Gasteiger partial charge on any atom is -0.244 e. The largest absolute Gasteiger partial charge is 0.244 e. The Morgan fingerprint density at radius 3 is 3.00 bits per heavy atom. The van der Waals surface area contributed by atoms with Gasteiger partial charge in [-0.05, 0) is 42.2 Å². The fourth-order valence-electron chi connectivity index (χ4n) is 1.85. The van der Waals surface area contributed by atoms with Crippen LogP contribution >= 0.6 is 22.9 Å². The molecule has 1 saturated carbocycles. The van der Waals surface area contributed by atoms with Gasteiger partial charge in [-0.15, -0.1) is 11.3 Å². The molecule has 3 rings (SSSR count). The molecule has 1 fully saturated rings. The van der Waals surface area contributed by atoms with E-state index in [1.807, 2.05) is 6.20 Å². The zero-order valence-electron chi connectivity index (χ0n) is 7.88. The number of fused-ring (bicyclic) bond motifs is 1. The molecule has 2 aromatic rings.